The largest absolute Gasteiger partial charge is 0.508 e. The predicted octanol–water partition coefficient (Wildman–Crippen LogP) is 5.02. The topological polar surface area (TPSA) is 91.7 Å². The van der Waals surface area contributed by atoms with E-state index in [1.807, 2.05) is 30.3 Å². The van der Waals surface area contributed by atoms with Crippen molar-refractivity contribution in [2.75, 3.05) is 0 Å². The molecule has 0 bridgehead atoms. The molecule has 0 aliphatic carbocycles. The van der Waals surface area contributed by atoms with Gasteiger partial charge in [0.1, 0.15) is 5.75 Å². The van der Waals surface area contributed by atoms with Crippen molar-refractivity contribution in [2.45, 2.75) is 0 Å². The number of benzene rings is 3. The van der Waals surface area contributed by atoms with Gasteiger partial charge in [-0.05, 0) is 58.5 Å². The third-order valence-electron chi connectivity index (χ3n) is 4.59. The van der Waals surface area contributed by atoms with Gasteiger partial charge in [0.15, 0.2) is 5.84 Å². The van der Waals surface area contributed by atoms with Crippen molar-refractivity contribution in [3.05, 3.63) is 83.6 Å². The van der Waals surface area contributed by atoms with Crippen LogP contribution in [0.1, 0.15) is 5.56 Å². The Morgan fingerprint density at radius 2 is 1.68 bits per heavy atom. The first-order chi connectivity index (χ1) is 13.6. The van der Waals surface area contributed by atoms with Crippen LogP contribution in [0.3, 0.4) is 0 Å². The summed E-state index contributed by atoms with van der Waals surface area (Å²) in [4.78, 5) is 4.15. The highest BCUT2D eigenvalue weighted by Gasteiger charge is 2.17. The van der Waals surface area contributed by atoms with Crippen molar-refractivity contribution in [2.24, 2.45) is 10.9 Å². The minimum Gasteiger partial charge on any atom is -0.508 e. The van der Waals surface area contributed by atoms with Crippen LogP contribution in [0.5, 0.6) is 5.75 Å². The molecule has 0 saturated heterocycles. The molecule has 0 aliphatic heterocycles. The lowest BCUT2D eigenvalue weighted by Gasteiger charge is -2.16. The second kappa shape index (κ2) is 7.21. The SMILES string of the molecule is NC(=NO)c1cc(Cl)cc(-c2ccc(O)cc2)c1-c1ccc2cnccc2c1. The van der Waals surface area contributed by atoms with Crippen LogP contribution in [-0.4, -0.2) is 21.1 Å². The molecule has 3 aromatic carbocycles. The lowest BCUT2D eigenvalue weighted by Crippen LogP contribution is -2.15. The van der Waals surface area contributed by atoms with Crippen LogP contribution in [0.15, 0.2) is 78.2 Å². The molecule has 0 radical (unpaired) electrons. The quantitative estimate of drug-likeness (QED) is 0.198. The van der Waals surface area contributed by atoms with Gasteiger partial charge in [-0.15, -0.1) is 0 Å². The fourth-order valence-electron chi connectivity index (χ4n) is 3.28. The van der Waals surface area contributed by atoms with E-state index in [2.05, 4.69) is 10.1 Å². The number of nitrogens with two attached hydrogens (primary N) is 1. The molecule has 5 nitrogen and oxygen atoms in total. The Kier molecular flexibility index (Phi) is 4.59. The van der Waals surface area contributed by atoms with E-state index in [0.717, 1.165) is 33.0 Å². The van der Waals surface area contributed by atoms with E-state index in [1.54, 1.807) is 42.7 Å². The molecule has 6 heteroatoms. The lowest BCUT2D eigenvalue weighted by atomic mass is 9.89. The third-order valence-corrected chi connectivity index (χ3v) is 4.81. The van der Waals surface area contributed by atoms with Gasteiger partial charge in [-0.2, -0.15) is 0 Å². The maximum absolute atomic E-state index is 9.64. The summed E-state index contributed by atoms with van der Waals surface area (Å²) in [6, 6.07) is 18.2. The number of nitrogens with zero attached hydrogens (tertiary/aromatic N) is 2. The van der Waals surface area contributed by atoms with Crippen LogP contribution in [0, 0.1) is 0 Å². The van der Waals surface area contributed by atoms with Gasteiger partial charge >= 0.3 is 0 Å². The zero-order valence-corrected chi connectivity index (χ0v) is 15.4. The summed E-state index contributed by atoms with van der Waals surface area (Å²) in [7, 11) is 0. The molecule has 0 saturated carbocycles. The van der Waals surface area contributed by atoms with E-state index in [4.69, 9.17) is 17.3 Å². The minimum absolute atomic E-state index is 0.0349. The molecule has 1 aromatic heterocycles. The van der Waals surface area contributed by atoms with Gasteiger partial charge < -0.3 is 16.0 Å². The fourth-order valence-corrected chi connectivity index (χ4v) is 3.50. The number of aromatic nitrogens is 1. The van der Waals surface area contributed by atoms with Crippen molar-refractivity contribution >= 4 is 28.2 Å². The number of hydrogen-bond donors (Lipinski definition) is 3. The summed E-state index contributed by atoms with van der Waals surface area (Å²) < 4.78 is 0. The zero-order valence-electron chi connectivity index (χ0n) is 14.7. The Labute approximate surface area is 166 Å². The molecule has 138 valence electrons. The van der Waals surface area contributed by atoms with Crippen molar-refractivity contribution in [3.8, 4) is 28.0 Å². The Bertz CT molecular complexity index is 1200. The van der Waals surface area contributed by atoms with Gasteiger partial charge in [-0.25, -0.2) is 0 Å². The average Bonchev–Trinajstić information content (AvgIpc) is 2.72. The molecule has 0 fully saturated rings. The van der Waals surface area contributed by atoms with Gasteiger partial charge in [0.2, 0.25) is 0 Å². The number of halogens is 1. The van der Waals surface area contributed by atoms with E-state index in [0.29, 0.717) is 10.6 Å². The predicted molar refractivity (Wildman–Crippen MR) is 112 cm³/mol. The van der Waals surface area contributed by atoms with E-state index < -0.39 is 0 Å². The molecule has 0 aliphatic rings. The van der Waals surface area contributed by atoms with Gasteiger partial charge in [0.05, 0.1) is 0 Å². The minimum atomic E-state index is -0.0349. The third kappa shape index (κ3) is 3.23. The summed E-state index contributed by atoms with van der Waals surface area (Å²) in [5.41, 5.74) is 9.82. The number of phenolic OH excluding ortho intramolecular Hbond substituents is 1. The summed E-state index contributed by atoms with van der Waals surface area (Å²) in [5.74, 6) is 0.134. The molecule has 0 atom stereocenters. The number of phenols is 1. The highest BCUT2D eigenvalue weighted by Crippen LogP contribution is 2.39. The molecule has 0 spiro atoms. The highest BCUT2D eigenvalue weighted by atomic mass is 35.5. The van der Waals surface area contributed by atoms with Crippen LogP contribution < -0.4 is 5.73 Å². The summed E-state index contributed by atoms with van der Waals surface area (Å²) in [5, 5.41) is 24.6. The number of hydrogen-bond acceptors (Lipinski definition) is 4. The van der Waals surface area contributed by atoms with Crippen LogP contribution in [0.25, 0.3) is 33.0 Å². The molecular weight excluding hydrogens is 374 g/mol. The van der Waals surface area contributed by atoms with Crippen LogP contribution in [-0.2, 0) is 0 Å². The monoisotopic (exact) mass is 389 g/mol. The van der Waals surface area contributed by atoms with Gasteiger partial charge in [0, 0.05) is 33.9 Å². The number of aromatic hydroxyl groups is 1. The molecular formula is C22H16ClN3O2. The number of amidine groups is 1. The number of rotatable bonds is 3. The van der Waals surface area contributed by atoms with Crippen LogP contribution in [0.2, 0.25) is 5.02 Å². The molecule has 4 N–H and O–H groups in total. The van der Waals surface area contributed by atoms with Crippen LogP contribution in [0.4, 0.5) is 0 Å². The zero-order chi connectivity index (χ0) is 19.7. The van der Waals surface area contributed by atoms with Gasteiger partial charge in [0.25, 0.3) is 0 Å². The normalized spacial score (nSPS) is 11.7. The van der Waals surface area contributed by atoms with E-state index in [-0.39, 0.29) is 11.6 Å². The first-order valence-electron chi connectivity index (χ1n) is 8.52. The first kappa shape index (κ1) is 17.8. The van der Waals surface area contributed by atoms with Crippen molar-refractivity contribution < 1.29 is 10.3 Å². The summed E-state index contributed by atoms with van der Waals surface area (Å²) in [6.45, 7) is 0. The maximum atomic E-state index is 9.64. The molecule has 1 heterocycles. The molecule has 28 heavy (non-hydrogen) atoms. The van der Waals surface area contributed by atoms with E-state index >= 15 is 0 Å². The number of pyridine rings is 1. The van der Waals surface area contributed by atoms with Crippen molar-refractivity contribution in [3.63, 3.8) is 0 Å². The molecule has 0 amide bonds. The first-order valence-corrected chi connectivity index (χ1v) is 8.89. The number of fused-ring (bicyclic) bond motifs is 1. The van der Waals surface area contributed by atoms with E-state index in [9.17, 15) is 10.3 Å². The molecule has 4 rings (SSSR count). The van der Waals surface area contributed by atoms with Crippen LogP contribution >= 0.6 is 11.6 Å². The van der Waals surface area contributed by atoms with Gasteiger partial charge in [-0.3, -0.25) is 4.98 Å². The fraction of sp³-hybridized carbons (Fsp3) is 0. The van der Waals surface area contributed by atoms with Crippen molar-refractivity contribution in [1.29, 1.82) is 0 Å². The Morgan fingerprint density at radius 3 is 2.43 bits per heavy atom. The maximum Gasteiger partial charge on any atom is 0.170 e. The summed E-state index contributed by atoms with van der Waals surface area (Å²) >= 11 is 6.34. The highest BCUT2D eigenvalue weighted by molar-refractivity contribution is 6.31. The number of oxime groups is 1. The lowest BCUT2D eigenvalue weighted by molar-refractivity contribution is 0.318. The second-order valence-corrected chi connectivity index (χ2v) is 6.78. The Balaban J connectivity index is 2.05. The standard InChI is InChI=1S/C22H16ClN3O2/c23-17-10-19(13-3-5-18(27)6-4-13)21(20(11-17)22(24)26-28)15-1-2-16-12-25-8-7-14(16)9-15/h1-12,27-28H,(H2,24,26). The van der Waals surface area contributed by atoms with Gasteiger partial charge in [-0.1, -0.05) is 41.0 Å². The smallest absolute Gasteiger partial charge is 0.170 e. The summed E-state index contributed by atoms with van der Waals surface area (Å²) in [6.07, 6.45) is 3.53. The second-order valence-electron chi connectivity index (χ2n) is 6.35. The Hall–Kier alpha value is -3.57. The van der Waals surface area contributed by atoms with E-state index in [1.165, 1.54) is 0 Å². The molecule has 4 aromatic rings. The molecule has 0 unspecified atom stereocenters. The van der Waals surface area contributed by atoms with Crippen molar-refractivity contribution in [1.82, 2.24) is 4.98 Å². The average molecular weight is 390 g/mol. The Morgan fingerprint density at radius 1 is 0.929 bits per heavy atom.